The average Bonchev–Trinajstić information content (AvgIpc) is 2.21. The lowest BCUT2D eigenvalue weighted by molar-refractivity contribution is 0.0697. The number of aromatic carboxylic acids is 1. The molecule has 88 valence electrons. The van der Waals surface area contributed by atoms with Crippen molar-refractivity contribution in [3.63, 3.8) is 0 Å². The summed E-state index contributed by atoms with van der Waals surface area (Å²) in [7, 11) is -2.37. The third-order valence-corrected chi connectivity index (χ3v) is 3.02. The maximum absolute atomic E-state index is 11.2. The summed E-state index contributed by atoms with van der Waals surface area (Å²) in [5, 5.41) is 8.76. The van der Waals surface area contributed by atoms with Crippen molar-refractivity contribution in [3.8, 4) is 0 Å². The largest absolute Gasteiger partial charge is 0.478 e. The van der Waals surface area contributed by atoms with Gasteiger partial charge in [-0.1, -0.05) is 6.07 Å². The van der Waals surface area contributed by atoms with Crippen molar-refractivity contribution in [2.24, 2.45) is 0 Å². The third-order valence-electron chi connectivity index (χ3n) is 2.00. The van der Waals surface area contributed by atoms with Gasteiger partial charge in [-0.3, -0.25) is 4.72 Å². The number of carboxylic acid groups (broad SMARTS) is 1. The second-order valence-corrected chi connectivity index (χ2v) is 4.76. The molecule has 6 nitrogen and oxygen atoms in total. The molecule has 0 fully saturated rings. The summed E-state index contributed by atoms with van der Waals surface area (Å²) in [6.07, 6.45) is 0. The summed E-state index contributed by atoms with van der Waals surface area (Å²) in [6, 6.07) is 4.22. The molecule has 0 aromatic heterocycles. The Morgan fingerprint density at radius 2 is 2.00 bits per heavy atom. The van der Waals surface area contributed by atoms with Crippen LogP contribution in [0, 0.1) is 6.92 Å². The Morgan fingerprint density at radius 1 is 1.38 bits per heavy atom. The lowest BCUT2D eigenvalue weighted by Crippen LogP contribution is -2.26. The van der Waals surface area contributed by atoms with Crippen LogP contribution in [-0.4, -0.2) is 26.5 Å². The van der Waals surface area contributed by atoms with Gasteiger partial charge < -0.3 is 5.11 Å². The first-order valence-electron chi connectivity index (χ1n) is 4.41. The van der Waals surface area contributed by atoms with E-state index in [0.29, 0.717) is 5.56 Å². The molecular weight excluding hydrogens is 232 g/mol. The lowest BCUT2D eigenvalue weighted by atomic mass is 10.1. The molecule has 0 heterocycles. The summed E-state index contributed by atoms with van der Waals surface area (Å²) < 4.78 is 26.8. The molecule has 3 N–H and O–H groups in total. The monoisotopic (exact) mass is 244 g/mol. The number of carbonyl (C=O) groups is 1. The van der Waals surface area contributed by atoms with E-state index in [4.69, 9.17) is 5.11 Å². The molecule has 0 atom stereocenters. The zero-order chi connectivity index (χ0) is 12.3. The number of nitrogens with one attached hydrogen (secondary N) is 2. The molecule has 0 unspecified atom stereocenters. The lowest BCUT2D eigenvalue weighted by Gasteiger charge is -2.09. The van der Waals surface area contributed by atoms with E-state index in [0.717, 1.165) is 0 Å². The zero-order valence-corrected chi connectivity index (χ0v) is 9.63. The standard InChI is InChI=1S/C9H12N2O4S/c1-6-3-4-7(9(12)13)5-8(6)11-16(14,15)10-2/h3-5,10-11H,1-2H3,(H,12,13). The fourth-order valence-corrected chi connectivity index (χ4v) is 1.67. The maximum atomic E-state index is 11.2. The van der Waals surface area contributed by atoms with Crippen LogP contribution in [0.1, 0.15) is 15.9 Å². The van der Waals surface area contributed by atoms with Gasteiger partial charge in [-0.05, 0) is 24.6 Å². The fourth-order valence-electron chi connectivity index (χ4n) is 1.06. The van der Waals surface area contributed by atoms with Gasteiger partial charge in [0.1, 0.15) is 0 Å². The quantitative estimate of drug-likeness (QED) is 0.721. The number of benzene rings is 1. The van der Waals surface area contributed by atoms with E-state index in [1.165, 1.54) is 25.2 Å². The Labute approximate surface area is 93.5 Å². The molecule has 0 bridgehead atoms. The molecule has 0 amide bonds. The first kappa shape index (κ1) is 12.5. The Balaban J connectivity index is 3.13. The molecule has 16 heavy (non-hydrogen) atoms. The molecule has 1 aromatic rings. The molecule has 0 aliphatic heterocycles. The highest BCUT2D eigenvalue weighted by Gasteiger charge is 2.11. The van der Waals surface area contributed by atoms with Crippen molar-refractivity contribution >= 4 is 21.9 Å². The van der Waals surface area contributed by atoms with Gasteiger partial charge in [0.05, 0.1) is 11.3 Å². The summed E-state index contributed by atoms with van der Waals surface area (Å²) in [5.41, 5.74) is 0.914. The van der Waals surface area contributed by atoms with Gasteiger partial charge in [0.25, 0.3) is 10.2 Å². The van der Waals surface area contributed by atoms with Crippen LogP contribution in [-0.2, 0) is 10.2 Å². The van der Waals surface area contributed by atoms with Crippen LogP contribution in [0.25, 0.3) is 0 Å². The summed E-state index contributed by atoms with van der Waals surface area (Å²) in [4.78, 5) is 10.7. The van der Waals surface area contributed by atoms with E-state index in [-0.39, 0.29) is 11.3 Å². The molecule has 0 saturated carbocycles. The van der Waals surface area contributed by atoms with Gasteiger partial charge in [-0.2, -0.15) is 8.42 Å². The molecule has 0 saturated heterocycles. The Kier molecular flexibility index (Phi) is 3.51. The molecular formula is C9H12N2O4S. The van der Waals surface area contributed by atoms with E-state index in [2.05, 4.69) is 9.44 Å². The first-order chi connectivity index (χ1) is 7.35. The van der Waals surface area contributed by atoms with Gasteiger partial charge in [0, 0.05) is 7.05 Å². The van der Waals surface area contributed by atoms with Crippen molar-refractivity contribution in [2.45, 2.75) is 6.92 Å². The minimum absolute atomic E-state index is 0.0272. The van der Waals surface area contributed by atoms with Crippen molar-refractivity contribution in [1.82, 2.24) is 4.72 Å². The summed E-state index contributed by atoms with van der Waals surface area (Å²) in [6.45, 7) is 1.68. The fraction of sp³-hybridized carbons (Fsp3) is 0.222. The predicted octanol–water partition coefficient (Wildman–Crippen LogP) is 0.569. The van der Waals surface area contributed by atoms with Crippen molar-refractivity contribution in [2.75, 3.05) is 11.8 Å². The molecule has 0 spiro atoms. The SMILES string of the molecule is CNS(=O)(=O)Nc1cc(C(=O)O)ccc1C. The number of rotatable bonds is 4. The maximum Gasteiger partial charge on any atom is 0.335 e. The highest BCUT2D eigenvalue weighted by molar-refractivity contribution is 7.90. The Bertz CT molecular complexity index is 510. The number of hydrogen-bond acceptors (Lipinski definition) is 3. The van der Waals surface area contributed by atoms with Crippen LogP contribution < -0.4 is 9.44 Å². The second kappa shape index (κ2) is 4.50. The van der Waals surface area contributed by atoms with Crippen LogP contribution >= 0.6 is 0 Å². The van der Waals surface area contributed by atoms with Crippen LogP contribution in [0.15, 0.2) is 18.2 Å². The number of aryl methyl sites for hydroxylation is 1. The van der Waals surface area contributed by atoms with E-state index < -0.39 is 16.2 Å². The van der Waals surface area contributed by atoms with Gasteiger partial charge in [0.15, 0.2) is 0 Å². The summed E-state index contributed by atoms with van der Waals surface area (Å²) in [5.74, 6) is -1.11. The molecule has 1 rings (SSSR count). The molecule has 0 aliphatic rings. The summed E-state index contributed by atoms with van der Waals surface area (Å²) >= 11 is 0. The van der Waals surface area contributed by atoms with Crippen molar-refractivity contribution in [1.29, 1.82) is 0 Å². The molecule has 0 radical (unpaired) electrons. The van der Waals surface area contributed by atoms with Gasteiger partial charge >= 0.3 is 5.97 Å². The van der Waals surface area contributed by atoms with E-state index in [9.17, 15) is 13.2 Å². The average molecular weight is 244 g/mol. The number of carboxylic acids is 1. The normalized spacial score (nSPS) is 11.1. The highest BCUT2D eigenvalue weighted by atomic mass is 32.2. The van der Waals surface area contributed by atoms with Gasteiger partial charge in [-0.15, -0.1) is 0 Å². The second-order valence-electron chi connectivity index (χ2n) is 3.14. The smallest absolute Gasteiger partial charge is 0.335 e. The van der Waals surface area contributed by atoms with Crippen molar-refractivity contribution < 1.29 is 18.3 Å². The first-order valence-corrected chi connectivity index (χ1v) is 5.89. The Morgan fingerprint density at radius 3 is 2.50 bits per heavy atom. The Hall–Kier alpha value is -1.60. The van der Waals surface area contributed by atoms with Crippen molar-refractivity contribution in [3.05, 3.63) is 29.3 Å². The van der Waals surface area contributed by atoms with Crippen LogP contribution in [0.5, 0.6) is 0 Å². The topological polar surface area (TPSA) is 95.5 Å². The van der Waals surface area contributed by atoms with Crippen LogP contribution in [0.3, 0.4) is 0 Å². The van der Waals surface area contributed by atoms with E-state index in [1.54, 1.807) is 6.92 Å². The minimum atomic E-state index is -3.63. The highest BCUT2D eigenvalue weighted by Crippen LogP contribution is 2.17. The third kappa shape index (κ3) is 2.94. The predicted molar refractivity (Wildman–Crippen MR) is 59.7 cm³/mol. The number of anilines is 1. The molecule has 7 heteroatoms. The van der Waals surface area contributed by atoms with E-state index >= 15 is 0 Å². The minimum Gasteiger partial charge on any atom is -0.478 e. The molecule has 1 aromatic carbocycles. The van der Waals surface area contributed by atoms with Gasteiger partial charge in [0.2, 0.25) is 0 Å². The number of hydrogen-bond donors (Lipinski definition) is 3. The van der Waals surface area contributed by atoms with E-state index in [1.807, 2.05) is 0 Å². The zero-order valence-electron chi connectivity index (χ0n) is 8.81. The van der Waals surface area contributed by atoms with Gasteiger partial charge in [-0.25, -0.2) is 9.52 Å². The van der Waals surface area contributed by atoms with Crippen LogP contribution in [0.4, 0.5) is 5.69 Å². The molecule has 0 aliphatic carbocycles. The van der Waals surface area contributed by atoms with Crippen LogP contribution in [0.2, 0.25) is 0 Å².